The summed E-state index contributed by atoms with van der Waals surface area (Å²) >= 11 is 9.14. The first-order valence-corrected chi connectivity index (χ1v) is 7.22. The summed E-state index contributed by atoms with van der Waals surface area (Å²) in [7, 11) is 1.46. The zero-order valence-corrected chi connectivity index (χ0v) is 13.6. The zero-order chi connectivity index (χ0) is 16.3. The molecule has 116 valence electrons. The van der Waals surface area contributed by atoms with Crippen molar-refractivity contribution in [3.8, 4) is 11.1 Å². The fourth-order valence-electron chi connectivity index (χ4n) is 1.90. The minimum absolute atomic E-state index is 0.180. The van der Waals surface area contributed by atoms with Crippen molar-refractivity contribution in [1.29, 1.82) is 0 Å². The normalized spacial score (nSPS) is 11.9. The summed E-state index contributed by atoms with van der Waals surface area (Å²) < 4.78 is 44.0. The number of alkyl halides is 3. The Morgan fingerprint density at radius 2 is 2.00 bits per heavy atom. The van der Waals surface area contributed by atoms with Gasteiger partial charge in [0.05, 0.1) is 18.9 Å². The molecule has 0 bridgehead atoms. The van der Waals surface area contributed by atoms with E-state index < -0.39 is 11.7 Å². The molecule has 1 heterocycles. The highest BCUT2D eigenvalue weighted by Crippen LogP contribution is 2.37. The van der Waals surface area contributed by atoms with Crippen LogP contribution in [0.4, 0.5) is 13.2 Å². The van der Waals surface area contributed by atoms with E-state index in [4.69, 9.17) is 16.3 Å². The van der Waals surface area contributed by atoms with Crippen LogP contribution < -0.4 is 0 Å². The van der Waals surface area contributed by atoms with Gasteiger partial charge in [-0.3, -0.25) is 0 Å². The molecule has 2 rings (SSSR count). The van der Waals surface area contributed by atoms with E-state index in [2.05, 4.69) is 20.9 Å². The van der Waals surface area contributed by atoms with Crippen LogP contribution in [0, 0.1) is 0 Å². The molecule has 0 aliphatic heterocycles. The number of rotatable bonds is 3. The van der Waals surface area contributed by atoms with Gasteiger partial charge in [-0.2, -0.15) is 13.2 Å². The lowest BCUT2D eigenvalue weighted by Gasteiger charge is -2.12. The van der Waals surface area contributed by atoms with Crippen molar-refractivity contribution in [3.63, 3.8) is 0 Å². The Kier molecular flexibility index (Phi) is 5.13. The topological polar surface area (TPSA) is 22.1 Å². The van der Waals surface area contributed by atoms with Gasteiger partial charge < -0.3 is 4.74 Å². The maximum atomic E-state index is 13.0. The average molecular weight is 393 g/mol. The number of hydrogen-bond acceptors (Lipinski definition) is 2. The van der Waals surface area contributed by atoms with Crippen molar-refractivity contribution in [3.05, 3.63) is 57.5 Å². The van der Waals surface area contributed by atoms with Crippen LogP contribution in [0.15, 0.2) is 41.2 Å². The Labute approximate surface area is 138 Å². The highest BCUT2D eigenvalue weighted by atomic mass is 79.9. The van der Waals surface area contributed by atoms with Gasteiger partial charge in [-0.05, 0) is 41.5 Å². The highest BCUT2D eigenvalue weighted by Gasteiger charge is 2.31. The predicted octanol–water partition coefficient (Wildman–Crippen LogP) is 5.80. The molecule has 0 saturated heterocycles. The molecule has 0 N–H and O–H groups in total. The lowest BCUT2D eigenvalue weighted by atomic mass is 9.99. The van der Waals surface area contributed by atoms with Gasteiger partial charge in [-0.1, -0.05) is 27.5 Å². The van der Waals surface area contributed by atoms with Crippen molar-refractivity contribution >= 4 is 33.6 Å². The number of methoxy groups -OCH3 is 1. The number of hydrogen-bond donors (Lipinski definition) is 0. The first-order chi connectivity index (χ1) is 10.3. The highest BCUT2D eigenvalue weighted by molar-refractivity contribution is 9.10. The second kappa shape index (κ2) is 6.71. The third-order valence-corrected chi connectivity index (χ3v) is 3.61. The largest absolute Gasteiger partial charge is 0.504 e. The molecule has 22 heavy (non-hydrogen) atoms. The number of aromatic nitrogens is 1. The van der Waals surface area contributed by atoms with E-state index in [9.17, 15) is 13.2 Å². The van der Waals surface area contributed by atoms with E-state index >= 15 is 0 Å². The minimum Gasteiger partial charge on any atom is -0.504 e. The van der Waals surface area contributed by atoms with E-state index in [0.717, 1.165) is 12.1 Å². The fraction of sp³-hybridized carbons (Fsp3) is 0.133. The van der Waals surface area contributed by atoms with Crippen LogP contribution in [-0.2, 0) is 10.9 Å². The van der Waals surface area contributed by atoms with Gasteiger partial charge in [-0.25, -0.2) is 4.98 Å². The number of ether oxygens (including phenoxy) is 1. The van der Waals surface area contributed by atoms with Crippen molar-refractivity contribution in [2.24, 2.45) is 0 Å². The Morgan fingerprint density at radius 1 is 1.27 bits per heavy atom. The molecular weight excluding hydrogens is 383 g/mol. The molecule has 0 fully saturated rings. The standard InChI is InChI=1S/C15H10BrClF3NO/c1-22-5-3-13-12(2-4-21-14(13)17)9-6-10(15(18,19)20)8-11(16)7-9/h2-8H,1H3/b5-3+. The third-order valence-electron chi connectivity index (χ3n) is 2.85. The van der Waals surface area contributed by atoms with Crippen LogP contribution >= 0.6 is 27.5 Å². The van der Waals surface area contributed by atoms with Crippen LogP contribution in [-0.4, -0.2) is 12.1 Å². The Bertz CT molecular complexity index is 716. The van der Waals surface area contributed by atoms with E-state index in [1.165, 1.54) is 19.6 Å². The van der Waals surface area contributed by atoms with Gasteiger partial charge in [0.2, 0.25) is 0 Å². The molecule has 0 atom stereocenters. The number of pyridine rings is 1. The summed E-state index contributed by atoms with van der Waals surface area (Å²) in [5.41, 5.74) is 0.644. The van der Waals surface area contributed by atoms with Gasteiger partial charge >= 0.3 is 6.18 Å². The van der Waals surface area contributed by atoms with Gasteiger partial charge in [0, 0.05) is 16.2 Å². The van der Waals surface area contributed by atoms with E-state index in [1.54, 1.807) is 18.2 Å². The van der Waals surface area contributed by atoms with E-state index in [1.807, 2.05) is 0 Å². The first kappa shape index (κ1) is 16.8. The summed E-state index contributed by atoms with van der Waals surface area (Å²) in [6, 6.07) is 5.28. The van der Waals surface area contributed by atoms with Crippen molar-refractivity contribution < 1.29 is 17.9 Å². The summed E-state index contributed by atoms with van der Waals surface area (Å²) in [5, 5.41) is 0.180. The second-order valence-electron chi connectivity index (χ2n) is 4.33. The summed E-state index contributed by atoms with van der Waals surface area (Å²) in [6.45, 7) is 0. The molecule has 0 aliphatic rings. The summed E-state index contributed by atoms with van der Waals surface area (Å²) in [6.07, 6.45) is -0.0538. The van der Waals surface area contributed by atoms with Crippen LogP contribution in [0.5, 0.6) is 0 Å². The van der Waals surface area contributed by atoms with E-state index in [-0.39, 0.29) is 5.15 Å². The van der Waals surface area contributed by atoms with Crippen molar-refractivity contribution in [1.82, 2.24) is 4.98 Å². The molecule has 0 spiro atoms. The SMILES string of the molecule is CO/C=C/c1c(-c2cc(Br)cc(C(F)(F)F)c2)ccnc1Cl. The van der Waals surface area contributed by atoms with Gasteiger partial charge in [0.25, 0.3) is 0 Å². The number of nitrogens with zero attached hydrogens (tertiary/aromatic N) is 1. The number of benzene rings is 1. The predicted molar refractivity (Wildman–Crippen MR) is 83.4 cm³/mol. The Hall–Kier alpha value is -1.53. The van der Waals surface area contributed by atoms with Crippen molar-refractivity contribution in [2.45, 2.75) is 6.18 Å². The monoisotopic (exact) mass is 391 g/mol. The lowest BCUT2D eigenvalue weighted by molar-refractivity contribution is -0.137. The smallest absolute Gasteiger partial charge is 0.416 e. The molecule has 0 aliphatic carbocycles. The van der Waals surface area contributed by atoms with Crippen LogP contribution in [0.2, 0.25) is 5.15 Å². The first-order valence-electron chi connectivity index (χ1n) is 6.05. The van der Waals surface area contributed by atoms with Crippen LogP contribution in [0.3, 0.4) is 0 Å². The lowest BCUT2D eigenvalue weighted by Crippen LogP contribution is -2.05. The number of halogens is 5. The Balaban J connectivity index is 2.64. The minimum atomic E-state index is -4.43. The molecule has 1 aromatic heterocycles. The molecule has 0 radical (unpaired) electrons. The maximum absolute atomic E-state index is 13.0. The van der Waals surface area contributed by atoms with E-state index in [0.29, 0.717) is 21.2 Å². The summed E-state index contributed by atoms with van der Waals surface area (Å²) in [5.74, 6) is 0. The Morgan fingerprint density at radius 3 is 2.64 bits per heavy atom. The summed E-state index contributed by atoms with van der Waals surface area (Å²) in [4.78, 5) is 3.94. The molecule has 2 nitrogen and oxygen atoms in total. The molecule has 7 heteroatoms. The molecule has 0 amide bonds. The quantitative estimate of drug-likeness (QED) is 0.486. The second-order valence-corrected chi connectivity index (χ2v) is 5.60. The zero-order valence-electron chi connectivity index (χ0n) is 11.3. The fourth-order valence-corrected chi connectivity index (χ4v) is 2.62. The molecule has 0 unspecified atom stereocenters. The molecule has 2 aromatic rings. The molecule has 1 aromatic carbocycles. The maximum Gasteiger partial charge on any atom is 0.416 e. The molecular formula is C15H10BrClF3NO. The van der Waals surface area contributed by atoms with Gasteiger partial charge in [0.1, 0.15) is 5.15 Å². The van der Waals surface area contributed by atoms with Gasteiger partial charge in [-0.15, -0.1) is 0 Å². The molecule has 0 saturated carbocycles. The van der Waals surface area contributed by atoms with Crippen LogP contribution in [0.1, 0.15) is 11.1 Å². The third kappa shape index (κ3) is 3.81. The van der Waals surface area contributed by atoms with Crippen LogP contribution in [0.25, 0.3) is 17.2 Å². The van der Waals surface area contributed by atoms with Crippen molar-refractivity contribution in [2.75, 3.05) is 7.11 Å². The van der Waals surface area contributed by atoms with Gasteiger partial charge in [0.15, 0.2) is 0 Å². The average Bonchev–Trinajstić information content (AvgIpc) is 2.44.